The third-order valence-corrected chi connectivity index (χ3v) is 4.17. The Morgan fingerprint density at radius 2 is 1.58 bits per heavy atom. The smallest absolute Gasteiger partial charge is 0.254 e. The minimum atomic E-state index is -0.167. The van der Waals surface area contributed by atoms with E-state index < -0.39 is 0 Å². The summed E-state index contributed by atoms with van der Waals surface area (Å²) in [5, 5.41) is 6.11. The molecule has 0 saturated carbocycles. The van der Waals surface area contributed by atoms with Gasteiger partial charge in [0.1, 0.15) is 0 Å². The zero-order valence-corrected chi connectivity index (χ0v) is 15.0. The molecule has 5 heteroatoms. The Hall–Kier alpha value is -3.21. The van der Waals surface area contributed by atoms with Crippen LogP contribution in [0.4, 0.5) is 11.6 Å². The maximum Gasteiger partial charge on any atom is 0.254 e. The summed E-state index contributed by atoms with van der Waals surface area (Å²) in [5.41, 5.74) is 4.88. The highest BCUT2D eigenvalue weighted by Crippen LogP contribution is 2.22. The van der Waals surface area contributed by atoms with E-state index in [1.54, 1.807) is 12.4 Å². The average Bonchev–Trinajstić information content (AvgIpc) is 2.66. The largest absolute Gasteiger partial charge is 0.352 e. The lowest BCUT2D eigenvalue weighted by Gasteiger charge is -2.11. The molecule has 0 unspecified atom stereocenters. The first kappa shape index (κ1) is 17.6. The summed E-state index contributed by atoms with van der Waals surface area (Å²) < 4.78 is 0. The number of carbonyl (C=O) groups excluding carboxylic acids is 1. The van der Waals surface area contributed by atoms with Crippen molar-refractivity contribution in [3.8, 4) is 0 Å². The molecule has 3 aromatic rings. The summed E-state index contributed by atoms with van der Waals surface area (Å²) in [6.45, 7) is 4.64. The van der Waals surface area contributed by atoms with Crippen LogP contribution in [-0.4, -0.2) is 22.4 Å². The van der Waals surface area contributed by atoms with E-state index in [1.807, 2.05) is 62.4 Å². The molecule has 0 saturated heterocycles. The van der Waals surface area contributed by atoms with Gasteiger partial charge in [-0.25, -0.2) is 9.97 Å². The molecule has 132 valence electrons. The first-order chi connectivity index (χ1) is 12.6. The topological polar surface area (TPSA) is 66.9 Å². The first-order valence-corrected chi connectivity index (χ1v) is 8.61. The third kappa shape index (κ3) is 4.45. The molecule has 1 heterocycles. The Morgan fingerprint density at radius 1 is 0.923 bits per heavy atom. The summed E-state index contributed by atoms with van der Waals surface area (Å²) in [7, 11) is 0. The number of nitrogens with zero attached hydrogens (tertiary/aromatic N) is 2. The standard InChI is InChI=1S/C21H22N4O/c1-15-7-6-8-16(2)19(15)25-21-23-13-18(14-24-21)20(26)22-12-11-17-9-4-3-5-10-17/h3-10,13-14H,11-12H2,1-2H3,(H,22,26)(H,23,24,25). The van der Waals surface area contributed by atoms with Crippen LogP contribution in [0.1, 0.15) is 27.0 Å². The average molecular weight is 346 g/mol. The van der Waals surface area contributed by atoms with Crippen molar-refractivity contribution in [2.45, 2.75) is 20.3 Å². The molecule has 1 amide bonds. The van der Waals surface area contributed by atoms with Crippen LogP contribution in [0.3, 0.4) is 0 Å². The van der Waals surface area contributed by atoms with Gasteiger partial charge in [0, 0.05) is 24.6 Å². The molecule has 0 aliphatic heterocycles. The van der Waals surface area contributed by atoms with Crippen LogP contribution < -0.4 is 10.6 Å². The van der Waals surface area contributed by atoms with E-state index in [4.69, 9.17) is 0 Å². The van der Waals surface area contributed by atoms with Crippen molar-refractivity contribution in [3.05, 3.63) is 83.2 Å². The minimum Gasteiger partial charge on any atom is -0.352 e. The molecule has 0 aliphatic carbocycles. The number of aromatic nitrogens is 2. The van der Waals surface area contributed by atoms with Crippen molar-refractivity contribution >= 4 is 17.5 Å². The van der Waals surface area contributed by atoms with Crippen molar-refractivity contribution < 1.29 is 4.79 Å². The number of amides is 1. The van der Waals surface area contributed by atoms with Gasteiger partial charge in [-0.2, -0.15) is 0 Å². The number of hydrogen-bond donors (Lipinski definition) is 2. The zero-order valence-electron chi connectivity index (χ0n) is 15.0. The Bertz CT molecular complexity index is 856. The molecule has 2 aromatic carbocycles. The second kappa shape index (κ2) is 8.25. The van der Waals surface area contributed by atoms with Gasteiger partial charge in [-0.05, 0) is 37.0 Å². The zero-order chi connectivity index (χ0) is 18.4. The predicted octanol–water partition coefficient (Wildman–Crippen LogP) is 3.81. The van der Waals surface area contributed by atoms with Crippen LogP contribution in [0.15, 0.2) is 60.9 Å². The van der Waals surface area contributed by atoms with Crippen LogP contribution in [0.25, 0.3) is 0 Å². The Labute approximate surface area is 153 Å². The number of benzene rings is 2. The van der Waals surface area contributed by atoms with Gasteiger partial charge >= 0.3 is 0 Å². The summed E-state index contributed by atoms with van der Waals surface area (Å²) in [6, 6.07) is 16.1. The predicted molar refractivity (Wildman–Crippen MR) is 104 cm³/mol. The maximum atomic E-state index is 12.2. The fraction of sp³-hybridized carbons (Fsp3) is 0.190. The van der Waals surface area contributed by atoms with Crippen LogP contribution >= 0.6 is 0 Å². The fourth-order valence-electron chi connectivity index (χ4n) is 2.70. The van der Waals surface area contributed by atoms with Gasteiger partial charge in [0.2, 0.25) is 5.95 Å². The summed E-state index contributed by atoms with van der Waals surface area (Å²) in [6.07, 6.45) is 3.88. The van der Waals surface area contributed by atoms with Crippen molar-refractivity contribution in [3.63, 3.8) is 0 Å². The molecular formula is C21H22N4O. The fourth-order valence-corrected chi connectivity index (χ4v) is 2.70. The van der Waals surface area contributed by atoms with E-state index in [9.17, 15) is 4.79 Å². The van der Waals surface area contributed by atoms with E-state index in [0.29, 0.717) is 18.1 Å². The van der Waals surface area contributed by atoms with Crippen molar-refractivity contribution in [2.75, 3.05) is 11.9 Å². The van der Waals surface area contributed by atoms with Gasteiger partial charge in [-0.15, -0.1) is 0 Å². The van der Waals surface area contributed by atoms with Crippen LogP contribution in [0.2, 0.25) is 0 Å². The summed E-state index contributed by atoms with van der Waals surface area (Å²) in [4.78, 5) is 20.7. The van der Waals surface area contributed by atoms with Gasteiger partial charge < -0.3 is 10.6 Å². The summed E-state index contributed by atoms with van der Waals surface area (Å²) >= 11 is 0. The van der Waals surface area contributed by atoms with Crippen molar-refractivity contribution in [1.29, 1.82) is 0 Å². The van der Waals surface area contributed by atoms with Gasteiger partial charge in [-0.1, -0.05) is 48.5 Å². The second-order valence-electron chi connectivity index (χ2n) is 6.18. The van der Waals surface area contributed by atoms with E-state index in [2.05, 4.69) is 20.6 Å². The lowest BCUT2D eigenvalue weighted by molar-refractivity contribution is 0.0953. The van der Waals surface area contributed by atoms with Gasteiger partial charge in [0.15, 0.2) is 0 Å². The molecule has 26 heavy (non-hydrogen) atoms. The molecule has 2 N–H and O–H groups in total. The molecule has 0 radical (unpaired) electrons. The number of carbonyl (C=O) groups is 1. The molecule has 0 spiro atoms. The van der Waals surface area contributed by atoms with Gasteiger partial charge in [0.05, 0.1) is 5.56 Å². The number of anilines is 2. The van der Waals surface area contributed by atoms with Crippen LogP contribution in [0.5, 0.6) is 0 Å². The highest BCUT2D eigenvalue weighted by molar-refractivity contribution is 5.93. The molecule has 1 aromatic heterocycles. The van der Waals surface area contributed by atoms with Crippen molar-refractivity contribution in [1.82, 2.24) is 15.3 Å². The highest BCUT2D eigenvalue weighted by atomic mass is 16.1. The summed E-state index contributed by atoms with van der Waals surface area (Å²) in [5.74, 6) is 0.308. The second-order valence-corrected chi connectivity index (χ2v) is 6.18. The van der Waals surface area contributed by atoms with Gasteiger partial charge in [-0.3, -0.25) is 4.79 Å². The number of hydrogen-bond acceptors (Lipinski definition) is 4. The maximum absolute atomic E-state index is 12.2. The van der Waals surface area contributed by atoms with E-state index in [1.165, 1.54) is 5.56 Å². The lowest BCUT2D eigenvalue weighted by atomic mass is 10.1. The minimum absolute atomic E-state index is 0.167. The number of aryl methyl sites for hydroxylation is 2. The van der Waals surface area contributed by atoms with E-state index >= 15 is 0 Å². The van der Waals surface area contributed by atoms with Gasteiger partial charge in [0.25, 0.3) is 5.91 Å². The lowest BCUT2D eigenvalue weighted by Crippen LogP contribution is -2.26. The molecule has 3 rings (SSSR count). The highest BCUT2D eigenvalue weighted by Gasteiger charge is 2.08. The normalized spacial score (nSPS) is 10.4. The molecule has 0 atom stereocenters. The van der Waals surface area contributed by atoms with Crippen LogP contribution in [-0.2, 0) is 6.42 Å². The number of nitrogens with one attached hydrogen (secondary N) is 2. The first-order valence-electron chi connectivity index (χ1n) is 8.61. The Morgan fingerprint density at radius 3 is 2.23 bits per heavy atom. The van der Waals surface area contributed by atoms with E-state index in [-0.39, 0.29) is 5.91 Å². The number of para-hydroxylation sites is 1. The third-order valence-electron chi connectivity index (χ3n) is 4.17. The molecular weight excluding hydrogens is 324 g/mol. The Balaban J connectivity index is 1.57. The molecule has 0 fully saturated rings. The SMILES string of the molecule is Cc1cccc(C)c1Nc1ncc(C(=O)NCCc2ccccc2)cn1. The monoisotopic (exact) mass is 346 g/mol. The molecule has 0 bridgehead atoms. The van der Waals surface area contributed by atoms with Crippen LogP contribution in [0, 0.1) is 13.8 Å². The van der Waals surface area contributed by atoms with E-state index in [0.717, 1.165) is 23.2 Å². The quantitative estimate of drug-likeness (QED) is 0.712. The number of rotatable bonds is 6. The molecule has 5 nitrogen and oxygen atoms in total. The Kier molecular flexibility index (Phi) is 5.59. The van der Waals surface area contributed by atoms with Crippen molar-refractivity contribution in [2.24, 2.45) is 0 Å². The molecule has 0 aliphatic rings.